The highest BCUT2D eigenvalue weighted by Gasteiger charge is 2.22. The summed E-state index contributed by atoms with van der Waals surface area (Å²) in [5, 5.41) is 14.4. The van der Waals surface area contributed by atoms with Gasteiger partial charge in [0.1, 0.15) is 5.69 Å². The second-order valence-electron chi connectivity index (χ2n) is 6.18. The number of carbonyl (C=O) groups is 1. The van der Waals surface area contributed by atoms with Crippen molar-refractivity contribution in [3.05, 3.63) is 66.0 Å². The Kier molecular flexibility index (Phi) is 3.66. The summed E-state index contributed by atoms with van der Waals surface area (Å²) < 4.78 is 18.5. The Morgan fingerprint density at radius 3 is 2.82 bits per heavy atom. The molecule has 0 saturated heterocycles. The number of hydrogen-bond acceptors (Lipinski definition) is 3. The van der Waals surface area contributed by atoms with Crippen LogP contribution in [0.2, 0.25) is 5.02 Å². The van der Waals surface area contributed by atoms with Crippen molar-refractivity contribution in [2.75, 3.05) is 5.32 Å². The molecule has 9 heteroatoms. The van der Waals surface area contributed by atoms with E-state index in [2.05, 4.69) is 20.6 Å². The van der Waals surface area contributed by atoms with Crippen molar-refractivity contribution < 1.29 is 9.18 Å². The summed E-state index contributed by atoms with van der Waals surface area (Å²) in [6.45, 7) is 0. The van der Waals surface area contributed by atoms with Crippen molar-refractivity contribution in [1.82, 2.24) is 24.4 Å². The molecule has 4 heterocycles. The maximum atomic E-state index is 15.3. The molecule has 0 unspecified atom stereocenters. The highest BCUT2D eigenvalue weighted by Crippen LogP contribution is 2.40. The lowest BCUT2D eigenvalue weighted by Crippen LogP contribution is -1.99. The summed E-state index contributed by atoms with van der Waals surface area (Å²) in [5.41, 5.74) is 2.83. The van der Waals surface area contributed by atoms with Crippen molar-refractivity contribution in [2.45, 2.75) is 0 Å². The molecule has 1 aromatic carbocycles. The van der Waals surface area contributed by atoms with E-state index in [1.54, 1.807) is 46.0 Å². The first-order valence-corrected chi connectivity index (χ1v) is 8.72. The average Bonchev–Trinajstić information content (AvgIpc) is 3.43. The van der Waals surface area contributed by atoms with Gasteiger partial charge in [0.25, 0.3) is 0 Å². The third-order valence-electron chi connectivity index (χ3n) is 4.59. The topological polar surface area (TPSA) is 80.0 Å². The molecular weight excluding hydrogens is 383 g/mol. The van der Waals surface area contributed by atoms with Gasteiger partial charge in [0, 0.05) is 35.6 Å². The standard InChI is InChI=1S/C19H12ClFN6O/c20-16-15(11-3-6-27-12(7-11)8-14(25-27)22-10-28)13-9-23-24-18(13)19(17(16)21)26-4-1-2-5-26/h1-10H,(H,23,24)(H,22,25,28). The van der Waals surface area contributed by atoms with Gasteiger partial charge in [-0.05, 0) is 29.8 Å². The number of hydrogen-bond donors (Lipinski definition) is 2. The molecule has 0 bridgehead atoms. The van der Waals surface area contributed by atoms with E-state index in [1.807, 2.05) is 18.2 Å². The maximum absolute atomic E-state index is 15.3. The maximum Gasteiger partial charge on any atom is 0.212 e. The third kappa shape index (κ3) is 2.39. The lowest BCUT2D eigenvalue weighted by Gasteiger charge is -2.13. The van der Waals surface area contributed by atoms with Crippen LogP contribution >= 0.6 is 11.6 Å². The Morgan fingerprint density at radius 2 is 2.04 bits per heavy atom. The van der Waals surface area contributed by atoms with Gasteiger partial charge >= 0.3 is 0 Å². The van der Waals surface area contributed by atoms with E-state index in [1.165, 1.54) is 0 Å². The minimum absolute atomic E-state index is 0.00713. The van der Waals surface area contributed by atoms with E-state index in [-0.39, 0.29) is 5.02 Å². The van der Waals surface area contributed by atoms with Crippen LogP contribution in [0.5, 0.6) is 0 Å². The van der Waals surface area contributed by atoms with Crippen LogP contribution in [0.4, 0.5) is 10.2 Å². The molecule has 0 spiro atoms. The van der Waals surface area contributed by atoms with Gasteiger partial charge in [-0.1, -0.05) is 11.6 Å². The average molecular weight is 395 g/mol. The number of fused-ring (bicyclic) bond motifs is 2. The van der Waals surface area contributed by atoms with E-state index in [9.17, 15) is 4.79 Å². The van der Waals surface area contributed by atoms with Crippen molar-refractivity contribution in [1.29, 1.82) is 0 Å². The van der Waals surface area contributed by atoms with Crippen LogP contribution in [0.15, 0.2) is 55.1 Å². The van der Waals surface area contributed by atoms with Crippen molar-refractivity contribution in [3.63, 3.8) is 0 Å². The summed E-state index contributed by atoms with van der Waals surface area (Å²) in [5.74, 6) is -0.123. The quantitative estimate of drug-likeness (QED) is 0.452. The molecule has 7 nitrogen and oxygen atoms in total. The predicted octanol–water partition coefficient (Wildman–Crippen LogP) is 4.03. The third-order valence-corrected chi connectivity index (χ3v) is 4.94. The van der Waals surface area contributed by atoms with Crippen molar-refractivity contribution in [3.8, 4) is 16.8 Å². The molecule has 0 aliphatic rings. The number of benzene rings is 1. The first kappa shape index (κ1) is 16.5. The number of aromatic nitrogens is 5. The van der Waals surface area contributed by atoms with Gasteiger partial charge in [-0.3, -0.25) is 9.89 Å². The molecular formula is C19H12ClFN6O. The Bertz CT molecular complexity index is 1340. The molecule has 0 atom stereocenters. The van der Waals surface area contributed by atoms with Crippen molar-refractivity contribution >= 4 is 40.2 Å². The van der Waals surface area contributed by atoms with Crippen LogP contribution < -0.4 is 5.32 Å². The predicted molar refractivity (Wildman–Crippen MR) is 104 cm³/mol. The minimum atomic E-state index is -0.540. The molecule has 0 radical (unpaired) electrons. The zero-order valence-corrected chi connectivity index (χ0v) is 15.0. The van der Waals surface area contributed by atoms with Gasteiger partial charge in [0.2, 0.25) is 6.41 Å². The number of H-pyrrole nitrogens is 1. The molecule has 0 fully saturated rings. The first-order valence-electron chi connectivity index (χ1n) is 8.34. The summed E-state index contributed by atoms with van der Waals surface area (Å²) in [7, 11) is 0. The molecule has 0 aliphatic carbocycles. The summed E-state index contributed by atoms with van der Waals surface area (Å²) in [6.07, 6.45) is 7.40. The molecule has 138 valence electrons. The lowest BCUT2D eigenvalue weighted by atomic mass is 10.0. The van der Waals surface area contributed by atoms with Crippen LogP contribution in [0.25, 0.3) is 33.2 Å². The monoisotopic (exact) mass is 394 g/mol. The fraction of sp³-hybridized carbons (Fsp3) is 0. The number of nitrogens with zero attached hydrogens (tertiary/aromatic N) is 4. The van der Waals surface area contributed by atoms with Gasteiger partial charge in [-0.15, -0.1) is 0 Å². The molecule has 4 aromatic heterocycles. The zero-order valence-electron chi connectivity index (χ0n) is 14.2. The Balaban J connectivity index is 1.77. The van der Waals surface area contributed by atoms with Gasteiger partial charge in [0.15, 0.2) is 11.6 Å². The molecule has 28 heavy (non-hydrogen) atoms. The number of rotatable bonds is 4. The lowest BCUT2D eigenvalue weighted by molar-refractivity contribution is -0.105. The number of nitrogens with one attached hydrogen (secondary N) is 2. The highest BCUT2D eigenvalue weighted by molar-refractivity contribution is 6.35. The fourth-order valence-corrected chi connectivity index (χ4v) is 3.69. The molecule has 5 aromatic rings. The molecule has 5 rings (SSSR count). The van der Waals surface area contributed by atoms with Gasteiger partial charge in [-0.25, -0.2) is 8.91 Å². The van der Waals surface area contributed by atoms with Gasteiger partial charge in [0.05, 0.1) is 22.3 Å². The summed E-state index contributed by atoms with van der Waals surface area (Å²) in [4.78, 5) is 10.6. The number of amides is 1. The Labute approximate surface area is 162 Å². The van der Waals surface area contributed by atoms with Crippen LogP contribution in [0.1, 0.15) is 0 Å². The zero-order chi connectivity index (χ0) is 19.3. The van der Waals surface area contributed by atoms with Crippen LogP contribution in [0.3, 0.4) is 0 Å². The number of carbonyl (C=O) groups excluding carboxylic acids is 1. The largest absolute Gasteiger partial charge is 0.319 e. The van der Waals surface area contributed by atoms with E-state index in [4.69, 9.17) is 11.6 Å². The summed E-state index contributed by atoms with van der Waals surface area (Å²) >= 11 is 6.48. The SMILES string of the molecule is O=CNc1cc2cc(-c3c(Cl)c(F)c(-n4cccc4)c4[nH]ncc34)ccn2n1. The number of pyridine rings is 1. The Morgan fingerprint density at radius 1 is 1.21 bits per heavy atom. The van der Waals surface area contributed by atoms with Crippen LogP contribution in [-0.2, 0) is 4.79 Å². The normalized spacial score (nSPS) is 11.4. The van der Waals surface area contributed by atoms with Crippen LogP contribution in [-0.4, -0.2) is 30.8 Å². The fourth-order valence-electron chi connectivity index (χ4n) is 3.39. The number of anilines is 1. The smallest absolute Gasteiger partial charge is 0.212 e. The second-order valence-corrected chi connectivity index (χ2v) is 6.56. The Hall–Kier alpha value is -3.65. The first-order chi connectivity index (χ1) is 13.7. The van der Waals surface area contributed by atoms with Crippen molar-refractivity contribution in [2.24, 2.45) is 0 Å². The molecule has 2 N–H and O–H groups in total. The number of halogens is 2. The van der Waals surface area contributed by atoms with E-state index < -0.39 is 5.82 Å². The van der Waals surface area contributed by atoms with Gasteiger partial charge in [-0.2, -0.15) is 10.2 Å². The highest BCUT2D eigenvalue weighted by atomic mass is 35.5. The minimum Gasteiger partial charge on any atom is -0.319 e. The van der Waals surface area contributed by atoms with Crippen LogP contribution in [0, 0.1) is 5.82 Å². The van der Waals surface area contributed by atoms with E-state index in [0.29, 0.717) is 39.9 Å². The van der Waals surface area contributed by atoms with Gasteiger partial charge < -0.3 is 9.88 Å². The molecule has 0 aliphatic heterocycles. The van der Waals surface area contributed by atoms with E-state index >= 15 is 4.39 Å². The molecule has 1 amide bonds. The summed E-state index contributed by atoms with van der Waals surface area (Å²) in [6, 6.07) is 8.94. The number of aromatic amines is 1. The second kappa shape index (κ2) is 6.21. The van der Waals surface area contributed by atoms with E-state index in [0.717, 1.165) is 5.52 Å². The molecule has 0 saturated carbocycles.